The van der Waals surface area contributed by atoms with Gasteiger partial charge in [-0.15, -0.1) is 0 Å². The molecule has 3 heterocycles. The minimum absolute atomic E-state index is 0.0882. The number of aryl methyl sites for hydroxylation is 1. The third-order valence-electron chi connectivity index (χ3n) is 2.74. The summed E-state index contributed by atoms with van der Waals surface area (Å²) >= 11 is 0. The fourth-order valence-corrected chi connectivity index (χ4v) is 1.87. The molecule has 0 aliphatic rings. The molecule has 0 unspecified atom stereocenters. The summed E-state index contributed by atoms with van der Waals surface area (Å²) < 4.78 is 1.69. The van der Waals surface area contributed by atoms with Crippen LogP contribution in [0, 0.1) is 0 Å². The van der Waals surface area contributed by atoms with Gasteiger partial charge in [-0.1, -0.05) is 6.07 Å². The van der Waals surface area contributed by atoms with E-state index in [0.29, 0.717) is 11.4 Å². The normalized spacial score (nSPS) is 11.0. The highest BCUT2D eigenvalue weighted by atomic mass is 16.3. The Kier molecular flexibility index (Phi) is 2.49. The number of hydrogen-bond acceptors (Lipinski definition) is 5. The molecule has 0 saturated heterocycles. The number of aliphatic hydroxyl groups is 1. The van der Waals surface area contributed by atoms with E-state index >= 15 is 0 Å². The van der Waals surface area contributed by atoms with Crippen LogP contribution in [0.15, 0.2) is 30.7 Å². The largest absolute Gasteiger partial charge is 0.390 e. The Morgan fingerprint density at radius 3 is 3.00 bits per heavy atom. The Balaban J connectivity index is 2.24. The van der Waals surface area contributed by atoms with Crippen LogP contribution in [-0.2, 0) is 13.7 Å². The van der Waals surface area contributed by atoms with Crippen LogP contribution in [0.4, 0.5) is 0 Å². The lowest BCUT2D eigenvalue weighted by molar-refractivity contribution is 0.277. The third kappa shape index (κ3) is 1.63. The molecule has 0 aromatic carbocycles. The average molecular weight is 241 g/mol. The molecule has 0 aliphatic heterocycles. The monoisotopic (exact) mass is 241 g/mol. The van der Waals surface area contributed by atoms with Crippen LogP contribution < -0.4 is 0 Å². The molecule has 0 amide bonds. The molecule has 6 heteroatoms. The summed E-state index contributed by atoms with van der Waals surface area (Å²) in [4.78, 5) is 12.8. The second-order valence-corrected chi connectivity index (χ2v) is 3.90. The van der Waals surface area contributed by atoms with E-state index in [2.05, 4.69) is 20.1 Å². The Morgan fingerprint density at radius 1 is 1.28 bits per heavy atom. The zero-order chi connectivity index (χ0) is 12.5. The van der Waals surface area contributed by atoms with E-state index in [-0.39, 0.29) is 6.61 Å². The van der Waals surface area contributed by atoms with Gasteiger partial charge in [0.2, 0.25) is 0 Å². The van der Waals surface area contributed by atoms with E-state index in [1.165, 1.54) is 6.33 Å². The van der Waals surface area contributed by atoms with Crippen LogP contribution in [-0.4, -0.2) is 29.8 Å². The van der Waals surface area contributed by atoms with Gasteiger partial charge in [-0.25, -0.2) is 15.0 Å². The number of pyridine rings is 1. The molecule has 0 bridgehead atoms. The molecule has 0 atom stereocenters. The first-order valence-corrected chi connectivity index (χ1v) is 5.49. The Labute approximate surface area is 103 Å². The molecule has 90 valence electrons. The molecule has 1 N–H and O–H groups in total. The molecule has 0 aliphatic carbocycles. The van der Waals surface area contributed by atoms with Gasteiger partial charge in [0.25, 0.3) is 0 Å². The highest BCUT2D eigenvalue weighted by Gasteiger charge is 2.10. The minimum Gasteiger partial charge on any atom is -0.390 e. The average Bonchev–Trinajstić information content (AvgIpc) is 2.81. The Bertz CT molecular complexity index is 707. The SMILES string of the molecule is Cn1ncc2c(-c3cccc(CO)n3)ncnc21. The van der Waals surface area contributed by atoms with Crippen LogP contribution in [0.1, 0.15) is 5.69 Å². The molecule has 0 fully saturated rings. The van der Waals surface area contributed by atoms with Crippen LogP contribution in [0.3, 0.4) is 0 Å². The second kappa shape index (κ2) is 4.15. The molecule has 0 saturated carbocycles. The first-order valence-electron chi connectivity index (χ1n) is 5.49. The molecule has 3 aromatic rings. The van der Waals surface area contributed by atoms with Crippen LogP contribution >= 0.6 is 0 Å². The maximum absolute atomic E-state index is 9.11. The van der Waals surface area contributed by atoms with E-state index < -0.39 is 0 Å². The lowest BCUT2D eigenvalue weighted by atomic mass is 10.2. The lowest BCUT2D eigenvalue weighted by Crippen LogP contribution is -1.96. The second-order valence-electron chi connectivity index (χ2n) is 3.90. The number of rotatable bonds is 2. The van der Waals surface area contributed by atoms with Crippen molar-refractivity contribution in [1.82, 2.24) is 24.7 Å². The van der Waals surface area contributed by atoms with Gasteiger partial charge >= 0.3 is 0 Å². The number of aromatic nitrogens is 5. The number of nitrogens with zero attached hydrogens (tertiary/aromatic N) is 5. The number of aliphatic hydroxyl groups excluding tert-OH is 1. The van der Waals surface area contributed by atoms with Gasteiger partial charge in [-0.2, -0.15) is 5.10 Å². The summed E-state index contributed by atoms with van der Waals surface area (Å²) in [7, 11) is 1.83. The standard InChI is InChI=1S/C12H11N5O/c1-17-12-9(5-15-17)11(13-7-14-12)10-4-2-3-8(6-18)16-10/h2-5,7,18H,6H2,1H3. The minimum atomic E-state index is -0.0882. The quantitative estimate of drug-likeness (QED) is 0.721. The van der Waals surface area contributed by atoms with Gasteiger partial charge in [0.15, 0.2) is 5.65 Å². The third-order valence-corrected chi connectivity index (χ3v) is 2.74. The van der Waals surface area contributed by atoms with Crippen molar-refractivity contribution in [2.75, 3.05) is 0 Å². The summed E-state index contributed by atoms with van der Waals surface area (Å²) in [5.41, 5.74) is 2.81. The van der Waals surface area contributed by atoms with Gasteiger partial charge < -0.3 is 5.11 Å². The molecule has 0 radical (unpaired) electrons. The zero-order valence-corrected chi connectivity index (χ0v) is 9.78. The Morgan fingerprint density at radius 2 is 2.17 bits per heavy atom. The summed E-state index contributed by atoms with van der Waals surface area (Å²) in [6.07, 6.45) is 3.21. The van der Waals surface area contributed by atoms with Gasteiger partial charge in [-0.3, -0.25) is 4.68 Å². The summed E-state index contributed by atoms with van der Waals surface area (Å²) in [5, 5.41) is 14.1. The van der Waals surface area contributed by atoms with Gasteiger partial charge in [-0.05, 0) is 12.1 Å². The lowest BCUT2D eigenvalue weighted by Gasteiger charge is -2.03. The fourth-order valence-electron chi connectivity index (χ4n) is 1.87. The van der Waals surface area contributed by atoms with Gasteiger partial charge in [0, 0.05) is 7.05 Å². The topological polar surface area (TPSA) is 76.7 Å². The fraction of sp³-hybridized carbons (Fsp3) is 0.167. The van der Waals surface area contributed by atoms with Crippen molar-refractivity contribution in [2.24, 2.45) is 7.05 Å². The maximum atomic E-state index is 9.11. The highest BCUT2D eigenvalue weighted by Crippen LogP contribution is 2.23. The highest BCUT2D eigenvalue weighted by molar-refractivity contribution is 5.88. The molecule has 3 aromatic heterocycles. The van der Waals surface area contributed by atoms with E-state index in [4.69, 9.17) is 5.11 Å². The van der Waals surface area contributed by atoms with Crippen molar-refractivity contribution in [3.05, 3.63) is 36.4 Å². The number of fused-ring (bicyclic) bond motifs is 1. The van der Waals surface area contributed by atoms with E-state index in [9.17, 15) is 0 Å². The predicted octanol–water partition coefficient (Wildman–Crippen LogP) is 0.918. The molecule has 0 spiro atoms. The first kappa shape index (κ1) is 10.8. The molecule has 3 rings (SSSR count). The van der Waals surface area contributed by atoms with E-state index in [1.807, 2.05) is 19.2 Å². The van der Waals surface area contributed by atoms with Crippen LogP contribution in [0.2, 0.25) is 0 Å². The summed E-state index contributed by atoms with van der Waals surface area (Å²) in [5.74, 6) is 0. The van der Waals surface area contributed by atoms with Crippen molar-refractivity contribution in [3.63, 3.8) is 0 Å². The van der Waals surface area contributed by atoms with Gasteiger partial charge in [0.1, 0.15) is 12.0 Å². The van der Waals surface area contributed by atoms with Crippen LogP contribution in [0.5, 0.6) is 0 Å². The van der Waals surface area contributed by atoms with Crippen molar-refractivity contribution < 1.29 is 5.11 Å². The molecular weight excluding hydrogens is 230 g/mol. The summed E-state index contributed by atoms with van der Waals surface area (Å²) in [6, 6.07) is 5.47. The van der Waals surface area contributed by atoms with E-state index in [0.717, 1.165) is 16.7 Å². The van der Waals surface area contributed by atoms with Crippen molar-refractivity contribution >= 4 is 11.0 Å². The molecule has 6 nitrogen and oxygen atoms in total. The Hall–Kier alpha value is -2.34. The van der Waals surface area contributed by atoms with Crippen molar-refractivity contribution in [2.45, 2.75) is 6.61 Å². The van der Waals surface area contributed by atoms with E-state index in [1.54, 1.807) is 16.9 Å². The van der Waals surface area contributed by atoms with Crippen LogP contribution in [0.25, 0.3) is 22.4 Å². The van der Waals surface area contributed by atoms with Crippen molar-refractivity contribution in [1.29, 1.82) is 0 Å². The summed E-state index contributed by atoms with van der Waals surface area (Å²) in [6.45, 7) is -0.0882. The first-order chi connectivity index (χ1) is 8.79. The maximum Gasteiger partial charge on any atom is 0.161 e. The van der Waals surface area contributed by atoms with Gasteiger partial charge in [0.05, 0.1) is 29.6 Å². The predicted molar refractivity (Wildman–Crippen MR) is 65.5 cm³/mol. The smallest absolute Gasteiger partial charge is 0.161 e. The number of hydrogen-bond donors (Lipinski definition) is 1. The molecule has 18 heavy (non-hydrogen) atoms. The molecular formula is C12H11N5O. The zero-order valence-electron chi connectivity index (χ0n) is 9.78. The van der Waals surface area contributed by atoms with Crippen molar-refractivity contribution in [3.8, 4) is 11.4 Å².